The maximum absolute atomic E-state index is 12.3. The molecule has 0 fully saturated rings. The highest BCUT2D eigenvalue weighted by atomic mass is 19.4. The average Bonchev–Trinajstić information content (AvgIpc) is 2.59. The molecule has 2 rings (SSSR count). The van der Waals surface area contributed by atoms with Crippen molar-refractivity contribution in [3.8, 4) is 5.75 Å². The van der Waals surface area contributed by atoms with Gasteiger partial charge in [0.25, 0.3) is 5.91 Å². The van der Waals surface area contributed by atoms with Crippen molar-refractivity contribution < 1.29 is 22.7 Å². The Morgan fingerprint density at radius 1 is 1.12 bits per heavy atom. The first-order valence-electron chi connectivity index (χ1n) is 8.21. The number of benzene rings is 1. The normalized spacial score (nSPS) is 12.7. The van der Waals surface area contributed by atoms with E-state index in [0.717, 1.165) is 5.56 Å². The van der Waals surface area contributed by atoms with Crippen LogP contribution in [-0.2, 0) is 0 Å². The minimum atomic E-state index is -4.42. The van der Waals surface area contributed by atoms with Crippen LogP contribution in [-0.4, -0.2) is 23.7 Å². The molecule has 0 spiro atoms. The van der Waals surface area contributed by atoms with E-state index in [1.165, 1.54) is 18.5 Å². The van der Waals surface area contributed by atoms with Crippen LogP contribution >= 0.6 is 0 Å². The molecule has 7 heteroatoms. The molecular weight excluding hydrogens is 345 g/mol. The first-order valence-corrected chi connectivity index (χ1v) is 8.21. The summed E-state index contributed by atoms with van der Waals surface area (Å²) in [6.45, 7) is 4.47. The summed E-state index contributed by atoms with van der Waals surface area (Å²) < 4.78 is 41.4. The van der Waals surface area contributed by atoms with Gasteiger partial charge in [-0.25, -0.2) is 0 Å². The number of halogens is 3. The van der Waals surface area contributed by atoms with E-state index in [1.54, 1.807) is 19.1 Å². The molecule has 1 unspecified atom stereocenters. The maximum Gasteiger partial charge on any atom is 0.422 e. The predicted octanol–water partition coefficient (Wildman–Crippen LogP) is 4.64. The molecule has 0 bridgehead atoms. The van der Waals surface area contributed by atoms with Crippen molar-refractivity contribution in [3.63, 3.8) is 0 Å². The molecule has 0 aliphatic carbocycles. The SMILES string of the molecule is CC(C)c1ccc(C(=O)NC(C)c2cncc(OCC(F)(F)F)c2)cc1. The Morgan fingerprint density at radius 2 is 1.77 bits per heavy atom. The molecule has 0 aliphatic rings. The molecule has 2 aromatic rings. The van der Waals surface area contributed by atoms with Gasteiger partial charge in [-0.3, -0.25) is 9.78 Å². The zero-order chi connectivity index (χ0) is 19.3. The van der Waals surface area contributed by atoms with Crippen LogP contribution in [0.3, 0.4) is 0 Å². The number of carbonyl (C=O) groups is 1. The highest BCUT2D eigenvalue weighted by molar-refractivity contribution is 5.94. The molecule has 1 atom stereocenters. The number of hydrogen-bond donors (Lipinski definition) is 1. The van der Waals surface area contributed by atoms with Crippen molar-refractivity contribution in [3.05, 3.63) is 59.4 Å². The Labute approximate surface area is 150 Å². The van der Waals surface area contributed by atoms with Gasteiger partial charge in [0.1, 0.15) is 5.75 Å². The second-order valence-corrected chi connectivity index (χ2v) is 6.33. The lowest BCUT2D eigenvalue weighted by Crippen LogP contribution is -2.26. The Morgan fingerprint density at radius 3 is 2.35 bits per heavy atom. The molecular formula is C19H21F3N2O2. The molecule has 0 radical (unpaired) electrons. The van der Waals surface area contributed by atoms with Crippen LogP contribution in [0.5, 0.6) is 5.75 Å². The Kier molecular flexibility index (Phi) is 6.23. The Balaban J connectivity index is 2.02. The van der Waals surface area contributed by atoms with Crippen LogP contribution in [0.25, 0.3) is 0 Å². The number of pyridine rings is 1. The first kappa shape index (κ1) is 19.8. The van der Waals surface area contributed by atoms with E-state index >= 15 is 0 Å². The smallest absolute Gasteiger partial charge is 0.422 e. The van der Waals surface area contributed by atoms with Crippen molar-refractivity contribution in [1.29, 1.82) is 0 Å². The third kappa shape index (κ3) is 5.75. The molecule has 1 aromatic heterocycles. The zero-order valence-corrected chi connectivity index (χ0v) is 14.8. The summed E-state index contributed by atoms with van der Waals surface area (Å²) in [5.74, 6) is 0.105. The van der Waals surface area contributed by atoms with Crippen LogP contribution in [0.4, 0.5) is 13.2 Å². The third-order valence-electron chi connectivity index (χ3n) is 3.82. The molecule has 1 heterocycles. The Hall–Kier alpha value is -2.57. The highest BCUT2D eigenvalue weighted by Gasteiger charge is 2.28. The number of rotatable bonds is 6. The van der Waals surface area contributed by atoms with Crippen LogP contribution in [0, 0.1) is 0 Å². The maximum atomic E-state index is 12.3. The van der Waals surface area contributed by atoms with Crippen LogP contribution in [0.2, 0.25) is 0 Å². The van der Waals surface area contributed by atoms with Gasteiger partial charge in [-0.15, -0.1) is 0 Å². The zero-order valence-electron chi connectivity index (χ0n) is 14.8. The molecule has 1 N–H and O–H groups in total. The molecule has 0 saturated heterocycles. The summed E-state index contributed by atoms with van der Waals surface area (Å²) in [6.07, 6.45) is -1.74. The number of ether oxygens (including phenoxy) is 1. The van der Waals surface area contributed by atoms with E-state index in [9.17, 15) is 18.0 Å². The lowest BCUT2D eigenvalue weighted by Gasteiger charge is -2.16. The molecule has 4 nitrogen and oxygen atoms in total. The minimum absolute atomic E-state index is 0.00205. The predicted molar refractivity (Wildman–Crippen MR) is 92.2 cm³/mol. The lowest BCUT2D eigenvalue weighted by atomic mass is 10.0. The summed E-state index contributed by atoms with van der Waals surface area (Å²) in [5.41, 5.74) is 2.20. The largest absolute Gasteiger partial charge is 0.482 e. The number of carbonyl (C=O) groups excluding carboxylic acids is 1. The molecule has 26 heavy (non-hydrogen) atoms. The van der Waals surface area contributed by atoms with Gasteiger partial charge < -0.3 is 10.1 Å². The summed E-state index contributed by atoms with van der Waals surface area (Å²) in [5, 5.41) is 2.80. The van der Waals surface area contributed by atoms with E-state index in [1.807, 2.05) is 12.1 Å². The Bertz CT molecular complexity index is 743. The molecule has 140 valence electrons. The van der Waals surface area contributed by atoms with E-state index in [2.05, 4.69) is 28.9 Å². The fraction of sp³-hybridized carbons (Fsp3) is 0.368. The van der Waals surface area contributed by atoms with Gasteiger partial charge in [0, 0.05) is 11.8 Å². The number of amides is 1. The van der Waals surface area contributed by atoms with Gasteiger partial charge in [0.15, 0.2) is 6.61 Å². The summed E-state index contributed by atoms with van der Waals surface area (Å²) in [4.78, 5) is 16.2. The fourth-order valence-electron chi connectivity index (χ4n) is 2.30. The van der Waals surface area contributed by atoms with Crippen LogP contribution < -0.4 is 10.1 Å². The van der Waals surface area contributed by atoms with E-state index in [0.29, 0.717) is 17.0 Å². The van der Waals surface area contributed by atoms with Gasteiger partial charge in [0.2, 0.25) is 0 Å². The van der Waals surface area contributed by atoms with E-state index in [4.69, 9.17) is 0 Å². The molecule has 0 saturated carbocycles. The second-order valence-electron chi connectivity index (χ2n) is 6.33. The quantitative estimate of drug-likeness (QED) is 0.810. The summed E-state index contributed by atoms with van der Waals surface area (Å²) in [6, 6.07) is 8.30. The van der Waals surface area contributed by atoms with Crippen molar-refractivity contribution >= 4 is 5.91 Å². The van der Waals surface area contributed by atoms with Crippen molar-refractivity contribution in [2.75, 3.05) is 6.61 Å². The summed E-state index contributed by atoms with van der Waals surface area (Å²) in [7, 11) is 0. The second kappa shape index (κ2) is 8.21. The highest BCUT2D eigenvalue weighted by Crippen LogP contribution is 2.21. The molecule has 1 amide bonds. The van der Waals surface area contributed by atoms with Crippen molar-refractivity contribution in [1.82, 2.24) is 10.3 Å². The van der Waals surface area contributed by atoms with Gasteiger partial charge in [-0.2, -0.15) is 13.2 Å². The van der Waals surface area contributed by atoms with Gasteiger partial charge in [-0.05, 0) is 42.2 Å². The van der Waals surface area contributed by atoms with E-state index in [-0.39, 0.29) is 11.7 Å². The number of nitrogens with zero attached hydrogens (tertiary/aromatic N) is 1. The number of alkyl halides is 3. The third-order valence-corrected chi connectivity index (χ3v) is 3.82. The van der Waals surface area contributed by atoms with Crippen molar-refractivity contribution in [2.45, 2.75) is 38.9 Å². The molecule has 0 aliphatic heterocycles. The fourth-order valence-corrected chi connectivity index (χ4v) is 2.30. The minimum Gasteiger partial charge on any atom is -0.482 e. The van der Waals surface area contributed by atoms with Gasteiger partial charge >= 0.3 is 6.18 Å². The lowest BCUT2D eigenvalue weighted by molar-refractivity contribution is -0.153. The number of aromatic nitrogens is 1. The average molecular weight is 366 g/mol. The summed E-state index contributed by atoms with van der Waals surface area (Å²) >= 11 is 0. The topological polar surface area (TPSA) is 51.2 Å². The van der Waals surface area contributed by atoms with E-state index < -0.39 is 18.8 Å². The number of nitrogens with one attached hydrogen (secondary N) is 1. The number of hydrogen-bond acceptors (Lipinski definition) is 3. The first-order chi connectivity index (χ1) is 12.2. The monoisotopic (exact) mass is 366 g/mol. The van der Waals surface area contributed by atoms with Crippen LogP contribution in [0.1, 0.15) is 54.2 Å². The standard InChI is InChI=1S/C19H21F3N2O2/c1-12(2)14-4-6-15(7-5-14)18(25)24-13(3)16-8-17(10-23-9-16)26-11-19(20,21)22/h4-10,12-13H,11H2,1-3H3,(H,24,25). The van der Waals surface area contributed by atoms with Crippen molar-refractivity contribution in [2.24, 2.45) is 0 Å². The van der Waals surface area contributed by atoms with Gasteiger partial charge in [0.05, 0.1) is 12.2 Å². The molecule has 1 aromatic carbocycles. The van der Waals surface area contributed by atoms with Crippen LogP contribution in [0.15, 0.2) is 42.7 Å². The van der Waals surface area contributed by atoms with Gasteiger partial charge in [-0.1, -0.05) is 26.0 Å².